The fourth-order valence-corrected chi connectivity index (χ4v) is 3.43. The minimum atomic E-state index is 0. The highest BCUT2D eigenvalue weighted by Crippen LogP contribution is 2.33. The lowest BCUT2D eigenvalue weighted by atomic mass is 10.1. The lowest BCUT2D eigenvalue weighted by molar-refractivity contribution is 0.0676. The van der Waals surface area contributed by atoms with Crippen LogP contribution in [0.5, 0.6) is 11.5 Å². The van der Waals surface area contributed by atoms with Crippen molar-refractivity contribution in [3.8, 4) is 11.5 Å². The van der Waals surface area contributed by atoms with Crippen molar-refractivity contribution >= 4 is 18.3 Å². The molecule has 1 amide bonds. The Balaban J connectivity index is 0.00000176. The highest BCUT2D eigenvalue weighted by molar-refractivity contribution is 5.98. The molecular formula is C16H23ClN2O3. The van der Waals surface area contributed by atoms with Gasteiger partial charge in [-0.1, -0.05) is 0 Å². The van der Waals surface area contributed by atoms with Gasteiger partial charge in [0.05, 0.1) is 19.8 Å². The number of hydrogen-bond donors (Lipinski definition) is 1. The fourth-order valence-electron chi connectivity index (χ4n) is 3.43. The average molecular weight is 327 g/mol. The van der Waals surface area contributed by atoms with E-state index < -0.39 is 0 Å². The van der Waals surface area contributed by atoms with Crippen LogP contribution >= 0.6 is 12.4 Å². The number of ether oxygens (including phenoxy) is 2. The maximum absolute atomic E-state index is 13.0. The van der Waals surface area contributed by atoms with Gasteiger partial charge in [0.1, 0.15) is 11.5 Å². The molecule has 1 aromatic rings. The van der Waals surface area contributed by atoms with E-state index in [1.54, 1.807) is 26.4 Å². The number of carbonyl (C=O) groups is 1. The third-order valence-electron chi connectivity index (χ3n) is 4.53. The summed E-state index contributed by atoms with van der Waals surface area (Å²) in [6.45, 7) is 1.87. The maximum Gasteiger partial charge on any atom is 0.258 e. The second-order valence-corrected chi connectivity index (χ2v) is 5.66. The molecule has 5 nitrogen and oxygen atoms in total. The van der Waals surface area contributed by atoms with E-state index in [1.807, 2.05) is 6.07 Å². The molecule has 22 heavy (non-hydrogen) atoms. The number of hydrogen-bond acceptors (Lipinski definition) is 4. The van der Waals surface area contributed by atoms with Crippen molar-refractivity contribution in [3.05, 3.63) is 23.8 Å². The van der Waals surface area contributed by atoms with Gasteiger partial charge in [-0.2, -0.15) is 0 Å². The van der Waals surface area contributed by atoms with Crippen LogP contribution in [0.1, 0.15) is 29.6 Å². The van der Waals surface area contributed by atoms with Crippen LogP contribution in [0.15, 0.2) is 18.2 Å². The van der Waals surface area contributed by atoms with E-state index in [0.29, 0.717) is 29.1 Å². The number of halogens is 1. The van der Waals surface area contributed by atoms with Gasteiger partial charge < -0.3 is 19.7 Å². The van der Waals surface area contributed by atoms with E-state index in [2.05, 4.69) is 10.2 Å². The maximum atomic E-state index is 13.0. The number of fused-ring (bicyclic) bond motifs is 2. The molecule has 2 aliphatic heterocycles. The lowest BCUT2D eigenvalue weighted by Gasteiger charge is -2.28. The smallest absolute Gasteiger partial charge is 0.258 e. The highest BCUT2D eigenvalue weighted by Gasteiger charge is 2.39. The molecule has 2 bridgehead atoms. The molecule has 1 aromatic carbocycles. The Bertz CT molecular complexity index is 524. The van der Waals surface area contributed by atoms with Crippen LogP contribution < -0.4 is 14.8 Å². The molecule has 0 radical (unpaired) electrons. The SMILES string of the molecule is COc1ccc(OC)c(C(=O)N2C3CCNCC2CC3)c1.Cl. The van der Waals surface area contributed by atoms with Gasteiger partial charge in [0.25, 0.3) is 5.91 Å². The van der Waals surface area contributed by atoms with Crippen LogP contribution in [0.25, 0.3) is 0 Å². The summed E-state index contributed by atoms with van der Waals surface area (Å²) in [7, 11) is 3.20. The van der Waals surface area contributed by atoms with Crippen molar-refractivity contribution in [2.75, 3.05) is 27.3 Å². The number of nitrogens with one attached hydrogen (secondary N) is 1. The molecule has 0 saturated carbocycles. The molecule has 2 aliphatic rings. The Kier molecular flexibility index (Phi) is 5.53. The van der Waals surface area contributed by atoms with Gasteiger partial charge in [0.2, 0.25) is 0 Å². The zero-order chi connectivity index (χ0) is 14.8. The van der Waals surface area contributed by atoms with E-state index in [1.165, 1.54) is 0 Å². The first kappa shape index (κ1) is 16.9. The first-order valence-electron chi connectivity index (χ1n) is 7.50. The van der Waals surface area contributed by atoms with Crippen molar-refractivity contribution in [1.29, 1.82) is 0 Å². The lowest BCUT2D eigenvalue weighted by Crippen LogP contribution is -2.42. The Morgan fingerprint density at radius 1 is 1.18 bits per heavy atom. The summed E-state index contributed by atoms with van der Waals surface area (Å²) in [5.74, 6) is 1.35. The minimum absolute atomic E-state index is 0. The van der Waals surface area contributed by atoms with Crippen molar-refractivity contribution in [3.63, 3.8) is 0 Å². The Hall–Kier alpha value is -1.46. The van der Waals surface area contributed by atoms with Crippen molar-refractivity contribution in [2.24, 2.45) is 0 Å². The van der Waals surface area contributed by atoms with E-state index in [0.717, 1.165) is 32.4 Å². The molecule has 2 atom stereocenters. The van der Waals surface area contributed by atoms with E-state index in [9.17, 15) is 4.79 Å². The molecule has 0 spiro atoms. The molecule has 3 rings (SSSR count). The van der Waals surface area contributed by atoms with Crippen LogP contribution in [-0.4, -0.2) is 50.2 Å². The number of nitrogens with zero attached hydrogens (tertiary/aromatic N) is 1. The highest BCUT2D eigenvalue weighted by atomic mass is 35.5. The molecule has 2 heterocycles. The summed E-state index contributed by atoms with van der Waals surface area (Å²) in [5.41, 5.74) is 0.593. The van der Waals surface area contributed by atoms with Crippen LogP contribution in [0, 0.1) is 0 Å². The summed E-state index contributed by atoms with van der Waals surface area (Å²) in [4.78, 5) is 15.1. The molecule has 6 heteroatoms. The molecule has 2 unspecified atom stereocenters. The van der Waals surface area contributed by atoms with Crippen LogP contribution in [0.2, 0.25) is 0 Å². The summed E-state index contributed by atoms with van der Waals surface area (Å²) in [5, 5.41) is 3.42. The topological polar surface area (TPSA) is 50.8 Å². The van der Waals surface area contributed by atoms with Gasteiger partial charge in [0, 0.05) is 18.6 Å². The van der Waals surface area contributed by atoms with Gasteiger partial charge in [-0.05, 0) is 44.0 Å². The monoisotopic (exact) mass is 326 g/mol. The molecule has 0 aromatic heterocycles. The first-order chi connectivity index (χ1) is 10.2. The Morgan fingerprint density at radius 2 is 1.95 bits per heavy atom. The van der Waals surface area contributed by atoms with E-state index in [4.69, 9.17) is 9.47 Å². The van der Waals surface area contributed by atoms with Crippen molar-refractivity contribution < 1.29 is 14.3 Å². The van der Waals surface area contributed by atoms with E-state index >= 15 is 0 Å². The normalized spacial score (nSPS) is 23.5. The second kappa shape index (κ2) is 7.20. The minimum Gasteiger partial charge on any atom is -0.497 e. The number of amides is 1. The third kappa shape index (κ3) is 3.01. The third-order valence-corrected chi connectivity index (χ3v) is 4.53. The predicted octanol–water partition coefficient (Wildman–Crippen LogP) is 2.09. The summed E-state index contributed by atoms with van der Waals surface area (Å²) in [6.07, 6.45) is 3.20. The number of methoxy groups -OCH3 is 2. The summed E-state index contributed by atoms with van der Waals surface area (Å²) >= 11 is 0. The molecule has 122 valence electrons. The summed E-state index contributed by atoms with van der Waals surface area (Å²) < 4.78 is 10.6. The van der Waals surface area contributed by atoms with Crippen molar-refractivity contribution in [2.45, 2.75) is 31.3 Å². The number of benzene rings is 1. The molecular weight excluding hydrogens is 304 g/mol. The standard InChI is InChI=1S/C16H22N2O3.ClH/c1-20-13-5-6-15(21-2)14(9-13)16(19)18-11-3-4-12(18)10-17-8-7-11;/h5-6,9,11-12,17H,3-4,7-8,10H2,1-2H3;1H. The Labute approximate surface area is 137 Å². The molecule has 2 saturated heterocycles. The molecule has 1 N–H and O–H groups in total. The zero-order valence-corrected chi connectivity index (χ0v) is 13.8. The molecule has 0 aliphatic carbocycles. The first-order valence-corrected chi connectivity index (χ1v) is 7.50. The van der Waals surface area contributed by atoms with Gasteiger partial charge in [-0.25, -0.2) is 0 Å². The second-order valence-electron chi connectivity index (χ2n) is 5.66. The van der Waals surface area contributed by atoms with Crippen molar-refractivity contribution in [1.82, 2.24) is 10.2 Å². The largest absolute Gasteiger partial charge is 0.497 e. The molecule has 2 fully saturated rings. The summed E-state index contributed by atoms with van der Waals surface area (Å²) in [6, 6.07) is 6.02. The number of carbonyl (C=O) groups excluding carboxylic acids is 1. The Morgan fingerprint density at radius 3 is 2.68 bits per heavy atom. The van der Waals surface area contributed by atoms with Crippen LogP contribution in [-0.2, 0) is 0 Å². The van der Waals surface area contributed by atoms with Gasteiger partial charge in [-0.15, -0.1) is 12.4 Å². The van der Waals surface area contributed by atoms with Gasteiger partial charge in [0.15, 0.2) is 0 Å². The van der Waals surface area contributed by atoms with E-state index in [-0.39, 0.29) is 18.3 Å². The zero-order valence-electron chi connectivity index (χ0n) is 13.0. The van der Waals surface area contributed by atoms with Crippen LogP contribution in [0.3, 0.4) is 0 Å². The predicted molar refractivity (Wildman–Crippen MR) is 87.3 cm³/mol. The van der Waals surface area contributed by atoms with Crippen LogP contribution in [0.4, 0.5) is 0 Å². The van der Waals surface area contributed by atoms with Gasteiger partial charge >= 0.3 is 0 Å². The number of rotatable bonds is 3. The average Bonchev–Trinajstić information content (AvgIpc) is 2.78. The quantitative estimate of drug-likeness (QED) is 0.924. The fraction of sp³-hybridized carbons (Fsp3) is 0.562. The van der Waals surface area contributed by atoms with Gasteiger partial charge in [-0.3, -0.25) is 4.79 Å².